The molecule has 1 fully saturated rings. The Bertz CT molecular complexity index is 662. The molecular formula is C15H18N2O2S. The average Bonchev–Trinajstić information content (AvgIpc) is 2.86. The molecule has 3 N–H and O–H groups in total. The van der Waals surface area contributed by atoms with Gasteiger partial charge in [0, 0.05) is 29.9 Å². The molecule has 20 heavy (non-hydrogen) atoms. The molecule has 0 aliphatic carbocycles. The number of aliphatic hydroxyl groups is 1. The van der Waals surface area contributed by atoms with Gasteiger partial charge in [-0.05, 0) is 29.7 Å². The molecule has 0 radical (unpaired) electrons. The zero-order chi connectivity index (χ0) is 14.0. The van der Waals surface area contributed by atoms with Crippen molar-refractivity contribution in [2.24, 2.45) is 0 Å². The first-order valence-electron chi connectivity index (χ1n) is 6.78. The summed E-state index contributed by atoms with van der Waals surface area (Å²) < 4.78 is 0. The van der Waals surface area contributed by atoms with Gasteiger partial charge in [0.1, 0.15) is 0 Å². The molecule has 1 unspecified atom stereocenters. The van der Waals surface area contributed by atoms with E-state index in [0.29, 0.717) is 18.7 Å². The van der Waals surface area contributed by atoms with Crippen molar-refractivity contribution in [3.05, 3.63) is 46.2 Å². The van der Waals surface area contributed by atoms with E-state index in [4.69, 9.17) is 0 Å². The van der Waals surface area contributed by atoms with Crippen LogP contribution in [0.4, 0.5) is 0 Å². The summed E-state index contributed by atoms with van der Waals surface area (Å²) in [6.07, 6.45) is 0.818. The number of aromatic nitrogens is 1. The molecule has 0 amide bonds. The zero-order valence-electron chi connectivity index (χ0n) is 11.2. The monoisotopic (exact) mass is 290 g/mol. The minimum absolute atomic E-state index is 0.0658. The minimum Gasteiger partial charge on any atom is -0.388 e. The first kappa shape index (κ1) is 13.7. The van der Waals surface area contributed by atoms with E-state index >= 15 is 0 Å². The van der Waals surface area contributed by atoms with E-state index in [9.17, 15) is 9.90 Å². The quantitative estimate of drug-likeness (QED) is 0.798. The SMILES string of the molecule is O=c1[nH]c2ccccc2cc1CNCC1(O)CCSC1. The lowest BCUT2D eigenvalue weighted by Gasteiger charge is -2.21. The third kappa shape index (κ3) is 2.90. The van der Waals surface area contributed by atoms with Gasteiger partial charge in [0.15, 0.2) is 0 Å². The van der Waals surface area contributed by atoms with Gasteiger partial charge in [0.25, 0.3) is 5.56 Å². The molecule has 1 aliphatic rings. The maximum Gasteiger partial charge on any atom is 0.252 e. The summed E-state index contributed by atoms with van der Waals surface area (Å²) in [7, 11) is 0. The summed E-state index contributed by atoms with van der Waals surface area (Å²) in [6.45, 7) is 1.01. The molecule has 106 valence electrons. The maximum absolute atomic E-state index is 12.0. The lowest BCUT2D eigenvalue weighted by molar-refractivity contribution is 0.0674. The van der Waals surface area contributed by atoms with Gasteiger partial charge in [-0.25, -0.2) is 0 Å². The van der Waals surface area contributed by atoms with Crippen LogP contribution in [0.3, 0.4) is 0 Å². The number of aromatic amines is 1. The van der Waals surface area contributed by atoms with Crippen LogP contribution < -0.4 is 10.9 Å². The third-order valence-electron chi connectivity index (χ3n) is 3.68. The molecule has 1 aromatic heterocycles. The highest BCUT2D eigenvalue weighted by Gasteiger charge is 2.31. The van der Waals surface area contributed by atoms with Crippen LogP contribution in [0.1, 0.15) is 12.0 Å². The number of hydrogen-bond acceptors (Lipinski definition) is 4. The van der Waals surface area contributed by atoms with Gasteiger partial charge in [0.2, 0.25) is 0 Å². The van der Waals surface area contributed by atoms with E-state index in [1.165, 1.54) is 0 Å². The zero-order valence-corrected chi connectivity index (χ0v) is 12.0. The van der Waals surface area contributed by atoms with Crippen molar-refractivity contribution in [3.63, 3.8) is 0 Å². The molecule has 3 rings (SSSR count). The highest BCUT2D eigenvalue weighted by atomic mass is 32.2. The van der Waals surface area contributed by atoms with Crippen molar-refractivity contribution in [2.75, 3.05) is 18.1 Å². The molecule has 2 aromatic rings. The van der Waals surface area contributed by atoms with E-state index < -0.39 is 5.60 Å². The largest absolute Gasteiger partial charge is 0.388 e. The number of fused-ring (bicyclic) bond motifs is 1. The fraction of sp³-hybridized carbons (Fsp3) is 0.400. The van der Waals surface area contributed by atoms with E-state index in [0.717, 1.165) is 28.8 Å². The van der Waals surface area contributed by atoms with Gasteiger partial charge < -0.3 is 15.4 Å². The molecule has 1 saturated heterocycles. The van der Waals surface area contributed by atoms with Gasteiger partial charge >= 0.3 is 0 Å². The Morgan fingerprint density at radius 1 is 1.40 bits per heavy atom. The number of rotatable bonds is 4. The lowest BCUT2D eigenvalue weighted by Crippen LogP contribution is -2.40. The number of pyridine rings is 1. The molecule has 0 spiro atoms. The number of nitrogens with one attached hydrogen (secondary N) is 2. The summed E-state index contributed by atoms with van der Waals surface area (Å²) in [5.74, 6) is 1.78. The second-order valence-corrected chi connectivity index (χ2v) is 6.45. The van der Waals surface area contributed by atoms with Crippen LogP contribution in [0.25, 0.3) is 10.9 Å². The molecular weight excluding hydrogens is 272 g/mol. The Balaban J connectivity index is 1.71. The Kier molecular flexibility index (Phi) is 3.83. The summed E-state index contributed by atoms with van der Waals surface area (Å²) in [6, 6.07) is 9.65. The number of thioether (sulfide) groups is 1. The molecule has 1 aromatic carbocycles. The van der Waals surface area contributed by atoms with E-state index in [-0.39, 0.29) is 5.56 Å². The molecule has 5 heteroatoms. The minimum atomic E-state index is -0.617. The normalized spacial score (nSPS) is 22.4. The van der Waals surface area contributed by atoms with Gasteiger partial charge in [0.05, 0.1) is 5.60 Å². The number of H-pyrrole nitrogens is 1. The second-order valence-electron chi connectivity index (χ2n) is 5.34. The predicted molar refractivity (Wildman–Crippen MR) is 83.2 cm³/mol. The maximum atomic E-state index is 12.0. The summed E-state index contributed by atoms with van der Waals surface area (Å²) >= 11 is 1.77. The topological polar surface area (TPSA) is 65.1 Å². The molecule has 0 bridgehead atoms. The Hall–Kier alpha value is -1.30. The van der Waals surface area contributed by atoms with Gasteiger partial charge in [-0.1, -0.05) is 18.2 Å². The van der Waals surface area contributed by atoms with E-state index in [2.05, 4.69) is 10.3 Å². The highest BCUT2D eigenvalue weighted by Crippen LogP contribution is 2.26. The van der Waals surface area contributed by atoms with Crippen molar-refractivity contribution in [1.29, 1.82) is 0 Å². The summed E-state index contributed by atoms with van der Waals surface area (Å²) in [5.41, 5.74) is 0.878. The van der Waals surface area contributed by atoms with Gasteiger partial charge in [-0.2, -0.15) is 11.8 Å². The van der Waals surface area contributed by atoms with Crippen molar-refractivity contribution >= 4 is 22.7 Å². The van der Waals surface area contributed by atoms with Crippen LogP contribution in [-0.4, -0.2) is 33.7 Å². The fourth-order valence-electron chi connectivity index (χ4n) is 2.49. The molecule has 1 atom stereocenters. The van der Waals surface area contributed by atoms with Crippen molar-refractivity contribution < 1.29 is 5.11 Å². The summed E-state index contributed by atoms with van der Waals surface area (Å²) in [5, 5.41) is 14.5. The molecule has 0 saturated carbocycles. The Morgan fingerprint density at radius 2 is 2.25 bits per heavy atom. The van der Waals surface area contributed by atoms with Crippen LogP contribution in [0.15, 0.2) is 35.1 Å². The molecule has 4 nitrogen and oxygen atoms in total. The van der Waals surface area contributed by atoms with Crippen LogP contribution >= 0.6 is 11.8 Å². The van der Waals surface area contributed by atoms with Crippen molar-refractivity contribution in [1.82, 2.24) is 10.3 Å². The first-order valence-corrected chi connectivity index (χ1v) is 7.94. The van der Waals surface area contributed by atoms with Crippen LogP contribution in [0.2, 0.25) is 0 Å². The number of hydrogen-bond donors (Lipinski definition) is 3. The highest BCUT2D eigenvalue weighted by molar-refractivity contribution is 7.99. The van der Waals surface area contributed by atoms with Gasteiger partial charge in [-0.15, -0.1) is 0 Å². The first-order chi connectivity index (χ1) is 9.66. The van der Waals surface area contributed by atoms with Gasteiger partial charge in [-0.3, -0.25) is 4.79 Å². The Labute approximate surface area is 121 Å². The van der Waals surface area contributed by atoms with Crippen molar-refractivity contribution in [2.45, 2.75) is 18.6 Å². The van der Waals surface area contributed by atoms with Crippen LogP contribution in [-0.2, 0) is 6.54 Å². The lowest BCUT2D eigenvalue weighted by atomic mass is 10.0. The second kappa shape index (κ2) is 5.60. The van der Waals surface area contributed by atoms with Crippen molar-refractivity contribution in [3.8, 4) is 0 Å². The fourth-order valence-corrected chi connectivity index (χ4v) is 3.78. The van der Waals surface area contributed by atoms with Crippen LogP contribution in [0, 0.1) is 0 Å². The summed E-state index contributed by atoms with van der Waals surface area (Å²) in [4.78, 5) is 14.9. The van der Waals surface area contributed by atoms with Crippen LogP contribution in [0.5, 0.6) is 0 Å². The standard InChI is InChI=1S/C15H18N2O2S/c18-14-12(7-11-3-1-2-4-13(11)17-14)8-16-9-15(19)5-6-20-10-15/h1-4,7,16,19H,5-6,8-10H2,(H,17,18). The molecule has 2 heterocycles. The number of para-hydroxylation sites is 1. The predicted octanol–water partition coefficient (Wildman–Crippen LogP) is 1.49. The van der Waals surface area contributed by atoms with E-state index in [1.807, 2.05) is 30.3 Å². The number of benzene rings is 1. The smallest absolute Gasteiger partial charge is 0.252 e. The molecule has 1 aliphatic heterocycles. The van der Waals surface area contributed by atoms with E-state index in [1.54, 1.807) is 11.8 Å². The average molecular weight is 290 g/mol. The third-order valence-corrected chi connectivity index (χ3v) is 4.92. The Morgan fingerprint density at radius 3 is 3.05 bits per heavy atom.